The van der Waals surface area contributed by atoms with Crippen LogP contribution in [0.3, 0.4) is 0 Å². The molecule has 0 N–H and O–H groups in total. The van der Waals surface area contributed by atoms with E-state index in [9.17, 15) is 4.79 Å². The van der Waals surface area contributed by atoms with Gasteiger partial charge in [-0.15, -0.1) is 0 Å². The van der Waals surface area contributed by atoms with Crippen LogP contribution in [0.15, 0.2) is 55.1 Å². The Balaban J connectivity index is 1.25. The van der Waals surface area contributed by atoms with Crippen LogP contribution in [0.2, 0.25) is 0 Å². The predicted octanol–water partition coefficient (Wildman–Crippen LogP) is 3.99. The van der Waals surface area contributed by atoms with Crippen LogP contribution in [0.1, 0.15) is 30.4 Å². The highest BCUT2D eigenvalue weighted by Gasteiger charge is 2.39. The second-order valence-corrected chi connectivity index (χ2v) is 8.81. The molecule has 5 rings (SSSR count). The van der Waals surface area contributed by atoms with Gasteiger partial charge in [-0.3, -0.25) is 9.69 Å². The molecule has 2 saturated heterocycles. The summed E-state index contributed by atoms with van der Waals surface area (Å²) >= 11 is 0. The predicted molar refractivity (Wildman–Crippen MR) is 122 cm³/mol. The molecule has 6 nitrogen and oxygen atoms in total. The molecule has 2 aromatic rings. The Hall–Kier alpha value is -2.99. The molecule has 3 aliphatic heterocycles. The quantitative estimate of drug-likeness (QED) is 0.617. The fourth-order valence-electron chi connectivity index (χ4n) is 5.18. The van der Waals surface area contributed by atoms with Crippen molar-refractivity contribution in [3.8, 4) is 17.2 Å². The number of amides is 1. The minimum Gasteiger partial charge on any atom is -0.489 e. The summed E-state index contributed by atoms with van der Waals surface area (Å²) < 4.78 is 16.8. The lowest BCUT2D eigenvalue weighted by atomic mass is 9.83. The summed E-state index contributed by atoms with van der Waals surface area (Å²) in [7, 11) is 0. The maximum Gasteiger partial charge on any atom is 0.231 e. The third-order valence-electron chi connectivity index (χ3n) is 6.74. The van der Waals surface area contributed by atoms with Gasteiger partial charge in [0.05, 0.1) is 0 Å². The van der Waals surface area contributed by atoms with E-state index in [-0.39, 0.29) is 12.7 Å². The minimum absolute atomic E-state index is 0.264. The standard InChI is InChI=1S/C26H30N2O4/c1-2-13-30-23-6-4-3-5-21(23)17-27-12-11-22-20(16-27)8-10-26(29)28(22)15-19-7-9-24-25(14-19)32-18-31-24/h2-7,9,14,20,22H,1,8,10-13,15-18H2/t20-,22+/m1/s1. The first-order chi connectivity index (χ1) is 15.7. The number of hydrogen-bond donors (Lipinski definition) is 0. The third-order valence-corrected chi connectivity index (χ3v) is 6.74. The number of carbonyl (C=O) groups is 1. The number of fused-ring (bicyclic) bond motifs is 2. The van der Waals surface area contributed by atoms with E-state index in [0.29, 0.717) is 31.5 Å². The number of piperidine rings is 2. The van der Waals surface area contributed by atoms with Gasteiger partial charge in [0.2, 0.25) is 12.7 Å². The number of likely N-dealkylation sites (tertiary alicyclic amines) is 2. The van der Waals surface area contributed by atoms with Gasteiger partial charge >= 0.3 is 0 Å². The highest BCUT2D eigenvalue weighted by atomic mass is 16.7. The van der Waals surface area contributed by atoms with Gasteiger partial charge in [0.15, 0.2) is 11.5 Å². The number of hydrogen-bond acceptors (Lipinski definition) is 5. The van der Waals surface area contributed by atoms with Gasteiger partial charge in [-0.05, 0) is 42.5 Å². The molecule has 0 unspecified atom stereocenters. The van der Waals surface area contributed by atoms with Gasteiger partial charge in [0.1, 0.15) is 12.4 Å². The summed E-state index contributed by atoms with van der Waals surface area (Å²) in [6.07, 6.45) is 4.36. The fourth-order valence-corrected chi connectivity index (χ4v) is 5.18. The highest BCUT2D eigenvalue weighted by Crippen LogP contribution is 2.36. The van der Waals surface area contributed by atoms with Crippen LogP contribution in [0.25, 0.3) is 0 Å². The number of rotatable bonds is 7. The largest absolute Gasteiger partial charge is 0.489 e. The van der Waals surface area contributed by atoms with Crippen LogP contribution in [0.4, 0.5) is 0 Å². The van der Waals surface area contributed by atoms with Gasteiger partial charge in [-0.2, -0.15) is 0 Å². The van der Waals surface area contributed by atoms with E-state index >= 15 is 0 Å². The molecule has 168 valence electrons. The maximum atomic E-state index is 12.8. The summed E-state index contributed by atoms with van der Waals surface area (Å²) in [5.41, 5.74) is 2.30. The summed E-state index contributed by atoms with van der Waals surface area (Å²) in [6.45, 7) is 8.01. The second kappa shape index (κ2) is 9.25. The van der Waals surface area contributed by atoms with Crippen LogP contribution in [0.5, 0.6) is 17.2 Å². The number of para-hydroxylation sites is 1. The SMILES string of the molecule is C=CCOc1ccccc1CN1CC[C@H]2[C@H](CCC(=O)N2Cc2ccc3c(c2)OCO3)C1. The normalized spacial score (nSPS) is 22.5. The third kappa shape index (κ3) is 4.32. The van der Waals surface area contributed by atoms with Gasteiger partial charge in [0, 0.05) is 44.2 Å². The van der Waals surface area contributed by atoms with E-state index in [2.05, 4.69) is 28.5 Å². The van der Waals surface area contributed by atoms with Crippen LogP contribution in [0, 0.1) is 5.92 Å². The number of benzene rings is 2. The van der Waals surface area contributed by atoms with E-state index in [1.807, 2.05) is 30.3 Å². The molecule has 2 fully saturated rings. The topological polar surface area (TPSA) is 51.2 Å². The molecule has 3 heterocycles. The molecule has 6 heteroatoms. The molecular weight excluding hydrogens is 404 g/mol. The van der Waals surface area contributed by atoms with Crippen LogP contribution < -0.4 is 14.2 Å². The summed E-state index contributed by atoms with van der Waals surface area (Å²) in [6, 6.07) is 14.5. The zero-order valence-corrected chi connectivity index (χ0v) is 18.4. The van der Waals surface area contributed by atoms with Crippen molar-refractivity contribution in [3.05, 3.63) is 66.2 Å². The van der Waals surface area contributed by atoms with Crippen molar-refractivity contribution in [2.45, 2.75) is 38.4 Å². The Labute approximate surface area is 189 Å². The lowest BCUT2D eigenvalue weighted by Gasteiger charge is -2.47. The van der Waals surface area contributed by atoms with Crippen molar-refractivity contribution >= 4 is 5.91 Å². The molecule has 0 saturated carbocycles. The Morgan fingerprint density at radius 3 is 2.88 bits per heavy atom. The van der Waals surface area contributed by atoms with Crippen LogP contribution in [-0.4, -0.2) is 48.2 Å². The van der Waals surface area contributed by atoms with Gasteiger partial charge in [0.25, 0.3) is 0 Å². The van der Waals surface area contributed by atoms with Crippen LogP contribution >= 0.6 is 0 Å². The Morgan fingerprint density at radius 1 is 1.09 bits per heavy atom. The average molecular weight is 435 g/mol. The summed E-state index contributed by atoms with van der Waals surface area (Å²) in [4.78, 5) is 17.4. The van der Waals surface area contributed by atoms with E-state index in [4.69, 9.17) is 14.2 Å². The first-order valence-electron chi connectivity index (χ1n) is 11.4. The van der Waals surface area contributed by atoms with Crippen molar-refractivity contribution < 1.29 is 19.0 Å². The molecule has 0 spiro atoms. The van der Waals surface area contributed by atoms with Gasteiger partial charge in [-0.25, -0.2) is 0 Å². The summed E-state index contributed by atoms with van der Waals surface area (Å²) in [5.74, 6) is 3.24. The molecular formula is C26H30N2O4. The molecule has 1 amide bonds. The summed E-state index contributed by atoms with van der Waals surface area (Å²) in [5, 5.41) is 0. The molecule has 0 bridgehead atoms. The lowest BCUT2D eigenvalue weighted by molar-refractivity contribution is -0.142. The Morgan fingerprint density at radius 2 is 1.97 bits per heavy atom. The number of carbonyl (C=O) groups excluding carboxylic acids is 1. The van der Waals surface area contributed by atoms with E-state index < -0.39 is 0 Å². The van der Waals surface area contributed by atoms with Crippen molar-refractivity contribution in [1.82, 2.24) is 9.80 Å². The van der Waals surface area contributed by atoms with Crippen molar-refractivity contribution in [2.24, 2.45) is 5.92 Å². The molecule has 0 radical (unpaired) electrons. The monoisotopic (exact) mass is 434 g/mol. The fraction of sp³-hybridized carbons (Fsp3) is 0.423. The average Bonchev–Trinajstić information content (AvgIpc) is 3.28. The minimum atomic E-state index is 0.264. The maximum absolute atomic E-state index is 12.8. The molecule has 0 aromatic heterocycles. The molecule has 2 atom stereocenters. The van der Waals surface area contributed by atoms with Gasteiger partial charge < -0.3 is 19.1 Å². The van der Waals surface area contributed by atoms with Crippen molar-refractivity contribution in [3.63, 3.8) is 0 Å². The van der Waals surface area contributed by atoms with E-state index in [1.54, 1.807) is 6.08 Å². The van der Waals surface area contributed by atoms with Crippen LogP contribution in [-0.2, 0) is 17.9 Å². The molecule has 3 aliphatic rings. The smallest absolute Gasteiger partial charge is 0.231 e. The first-order valence-corrected chi connectivity index (χ1v) is 11.4. The van der Waals surface area contributed by atoms with Gasteiger partial charge in [-0.1, -0.05) is 36.9 Å². The molecule has 0 aliphatic carbocycles. The highest BCUT2D eigenvalue weighted by molar-refractivity contribution is 5.77. The second-order valence-electron chi connectivity index (χ2n) is 8.81. The van der Waals surface area contributed by atoms with E-state index in [1.165, 1.54) is 5.56 Å². The zero-order valence-electron chi connectivity index (χ0n) is 18.4. The Bertz CT molecular complexity index is 992. The lowest BCUT2D eigenvalue weighted by Crippen LogP contribution is -2.55. The van der Waals surface area contributed by atoms with Crippen molar-refractivity contribution in [2.75, 3.05) is 26.5 Å². The first kappa shape index (κ1) is 20.9. The molecule has 32 heavy (non-hydrogen) atoms. The van der Waals surface area contributed by atoms with Crippen molar-refractivity contribution in [1.29, 1.82) is 0 Å². The molecule has 2 aromatic carbocycles. The number of ether oxygens (including phenoxy) is 3. The van der Waals surface area contributed by atoms with E-state index in [0.717, 1.165) is 55.3 Å². The number of nitrogens with zero attached hydrogens (tertiary/aromatic N) is 2. The zero-order chi connectivity index (χ0) is 21.9. The Kier molecular flexibility index (Phi) is 6.04.